The van der Waals surface area contributed by atoms with Gasteiger partial charge >= 0.3 is 6.85 Å². The Bertz CT molecular complexity index is 3940. The average Bonchev–Trinajstić information content (AvgIpc) is 3.99. The van der Waals surface area contributed by atoms with Crippen molar-refractivity contribution in [2.75, 3.05) is 4.81 Å². The molecule has 5 heterocycles. The Balaban J connectivity index is 1.23. The van der Waals surface area contributed by atoms with Gasteiger partial charge in [0, 0.05) is 62.5 Å². The summed E-state index contributed by atoms with van der Waals surface area (Å²) in [6.07, 6.45) is 4.62. The fraction of sp³-hybridized carbons (Fsp3) is 0.323. The van der Waals surface area contributed by atoms with Gasteiger partial charge in [-0.2, -0.15) is 0 Å². The van der Waals surface area contributed by atoms with Crippen LogP contribution in [-0.4, -0.2) is 16.0 Å². The van der Waals surface area contributed by atoms with Gasteiger partial charge in [0.2, 0.25) is 0 Å². The van der Waals surface area contributed by atoms with Crippen LogP contribution in [0, 0.1) is 0 Å². The maximum Gasteiger partial charge on any atom is 0.333 e. The largest absolute Gasteiger partial charge is 0.455 e. The fourth-order valence-electron chi connectivity index (χ4n) is 14.0. The van der Waals surface area contributed by atoms with Crippen LogP contribution in [0.2, 0.25) is 0 Å². The molecule has 3 aromatic heterocycles. The highest BCUT2D eigenvalue weighted by molar-refractivity contribution is 6.94. The minimum absolute atomic E-state index is 0.0137. The minimum atomic E-state index is -0.153. The third-order valence-electron chi connectivity index (χ3n) is 18.4. The van der Waals surface area contributed by atoms with E-state index in [9.17, 15) is 0 Å². The first-order valence-electron chi connectivity index (χ1n) is 26.0. The van der Waals surface area contributed by atoms with Crippen molar-refractivity contribution in [2.24, 2.45) is 7.05 Å². The average molecular weight is 914 g/mol. The van der Waals surface area contributed by atoms with E-state index in [0.717, 1.165) is 36.8 Å². The smallest absolute Gasteiger partial charge is 0.333 e. The highest BCUT2D eigenvalue weighted by atomic mass is 16.3. The minimum Gasteiger partial charge on any atom is -0.455 e. The zero-order valence-electron chi connectivity index (χ0n) is 43.2. The van der Waals surface area contributed by atoms with E-state index in [4.69, 9.17) is 4.42 Å². The van der Waals surface area contributed by atoms with Crippen LogP contribution < -0.4 is 15.7 Å². The zero-order chi connectivity index (χ0) is 48.3. The van der Waals surface area contributed by atoms with E-state index in [0.29, 0.717) is 0 Å². The van der Waals surface area contributed by atoms with Crippen LogP contribution in [0.4, 0.5) is 11.4 Å². The SMILES string of the molecule is Cn1c(-c2ccccc2)cc2cc3c(cc21)-n1c2cc4c(cc2c2c5c(oc6ccccc65)c5c(c21)B3N(c1ccc(C(C)(C)C)cc1)c1cc2c(cc1-5)C(C)(C)CCC2(C)C)C(C)(C)CCC4(C)C. The van der Waals surface area contributed by atoms with Crippen molar-refractivity contribution in [1.82, 2.24) is 9.13 Å². The predicted molar refractivity (Wildman–Crippen MR) is 298 cm³/mol. The number of nitrogens with zero attached hydrogens (tertiary/aromatic N) is 3. The predicted octanol–water partition coefficient (Wildman–Crippen LogP) is 16.1. The van der Waals surface area contributed by atoms with Gasteiger partial charge in [0.05, 0.1) is 16.6 Å². The molecular formula is C65H64BN3O. The summed E-state index contributed by atoms with van der Waals surface area (Å²) in [4.78, 5) is 2.75. The molecule has 0 bridgehead atoms. The van der Waals surface area contributed by atoms with Crippen molar-refractivity contribution in [2.45, 2.75) is 129 Å². The lowest BCUT2D eigenvalue weighted by atomic mass is 9.43. The summed E-state index contributed by atoms with van der Waals surface area (Å²) in [7, 11) is 2.25. The van der Waals surface area contributed by atoms with Crippen molar-refractivity contribution < 1.29 is 4.42 Å². The van der Waals surface area contributed by atoms with Crippen LogP contribution in [0.5, 0.6) is 0 Å². The summed E-state index contributed by atoms with van der Waals surface area (Å²) in [5.41, 5.74) is 24.5. The third kappa shape index (κ3) is 5.50. The molecule has 7 aromatic carbocycles. The van der Waals surface area contributed by atoms with Gasteiger partial charge in [0.25, 0.3) is 0 Å². The molecule has 10 aromatic rings. The van der Waals surface area contributed by atoms with Crippen LogP contribution in [0.15, 0.2) is 126 Å². The second-order valence-electron chi connectivity index (χ2n) is 25.5. The number of fused-ring (bicyclic) bond motifs is 16. The molecule has 0 unspecified atom stereocenters. The van der Waals surface area contributed by atoms with Gasteiger partial charge in [-0.25, -0.2) is 0 Å². The third-order valence-corrected chi connectivity index (χ3v) is 18.4. The second-order valence-corrected chi connectivity index (χ2v) is 25.5. The van der Waals surface area contributed by atoms with Gasteiger partial charge in [-0.15, -0.1) is 0 Å². The number of aromatic nitrogens is 2. The van der Waals surface area contributed by atoms with E-state index in [1.54, 1.807) is 0 Å². The molecule has 4 nitrogen and oxygen atoms in total. The normalized spacial score (nSPS) is 18.2. The molecule has 5 heteroatoms. The number of aryl methyl sites for hydroxylation is 1. The molecule has 0 atom stereocenters. The van der Waals surface area contributed by atoms with Crippen LogP contribution in [0.1, 0.15) is 130 Å². The monoisotopic (exact) mass is 914 g/mol. The maximum absolute atomic E-state index is 7.46. The van der Waals surface area contributed by atoms with Gasteiger partial charge in [-0.05, 0) is 157 Å². The number of rotatable bonds is 2. The zero-order valence-corrected chi connectivity index (χ0v) is 43.2. The van der Waals surface area contributed by atoms with E-state index in [1.165, 1.54) is 122 Å². The van der Waals surface area contributed by atoms with Crippen LogP contribution in [-0.2, 0) is 34.1 Å². The summed E-state index contributed by atoms with van der Waals surface area (Å²) in [5, 5.41) is 6.31. The lowest BCUT2D eigenvalue weighted by Gasteiger charge is -2.46. The first kappa shape index (κ1) is 42.4. The molecular weight excluding hydrogens is 850 g/mol. The van der Waals surface area contributed by atoms with Gasteiger partial charge in [0.1, 0.15) is 11.2 Å². The lowest BCUT2D eigenvalue weighted by molar-refractivity contribution is 0.332. The maximum atomic E-state index is 7.46. The van der Waals surface area contributed by atoms with Crippen molar-refractivity contribution in [3.63, 3.8) is 0 Å². The molecule has 0 amide bonds. The second kappa shape index (κ2) is 13.5. The number of anilines is 2. The molecule has 0 saturated heterocycles. The summed E-state index contributed by atoms with van der Waals surface area (Å²) < 4.78 is 12.6. The number of hydrogen-bond acceptors (Lipinski definition) is 2. The number of benzene rings is 7. The van der Waals surface area contributed by atoms with E-state index in [1.807, 2.05) is 0 Å². The standard InChI is InChI=1S/C65H64BN3O/c1-61(2,3)39-22-24-40(25-23-39)69-52-35-47-45(63(6,7)27-29-65(47,10)11)33-43(52)57-58-59-55(56-41-20-16-17-21-54(41)70-60(56)57)42-32-44-46(64(8,9)28-26-62(44,4)5)34-51(42)68(59)53-36-50-38(30-48(53)66(58)69)31-49(67(50)12)37-18-14-13-15-19-37/h13-25,30-36H,26-29H2,1-12H3. The quantitative estimate of drug-likeness (QED) is 0.162. The number of para-hydroxylation sites is 1. The summed E-state index contributed by atoms with van der Waals surface area (Å²) in [6.45, 7) is 26.6. The van der Waals surface area contributed by atoms with Crippen molar-refractivity contribution in [3.05, 3.63) is 149 Å². The molecule has 0 spiro atoms. The topological polar surface area (TPSA) is 26.2 Å². The number of hydrogen-bond donors (Lipinski definition) is 0. The van der Waals surface area contributed by atoms with E-state index < -0.39 is 0 Å². The van der Waals surface area contributed by atoms with Crippen LogP contribution >= 0.6 is 0 Å². The summed E-state index contributed by atoms with van der Waals surface area (Å²) in [6, 6.07) is 47.4. The Morgan fingerprint density at radius 1 is 0.571 bits per heavy atom. The molecule has 4 aliphatic rings. The van der Waals surface area contributed by atoms with E-state index in [2.05, 4.69) is 218 Å². The Labute approximate surface area is 413 Å². The van der Waals surface area contributed by atoms with E-state index in [-0.39, 0.29) is 33.9 Å². The van der Waals surface area contributed by atoms with E-state index >= 15 is 0 Å². The summed E-state index contributed by atoms with van der Waals surface area (Å²) in [5.74, 6) is 0. The first-order chi connectivity index (χ1) is 33.2. The molecule has 0 N–H and O–H groups in total. The van der Waals surface area contributed by atoms with Crippen molar-refractivity contribution in [3.8, 4) is 28.1 Å². The van der Waals surface area contributed by atoms with Gasteiger partial charge in [-0.1, -0.05) is 143 Å². The highest BCUT2D eigenvalue weighted by Gasteiger charge is 2.49. The van der Waals surface area contributed by atoms with Gasteiger partial charge in [-0.3, -0.25) is 0 Å². The van der Waals surface area contributed by atoms with Crippen molar-refractivity contribution >= 4 is 83.8 Å². The molecule has 0 radical (unpaired) electrons. The highest BCUT2D eigenvalue weighted by Crippen LogP contribution is 2.57. The molecule has 2 aliphatic carbocycles. The molecule has 2 aliphatic heterocycles. The Morgan fingerprint density at radius 3 is 1.86 bits per heavy atom. The Hall–Kier alpha value is -6.46. The molecule has 0 saturated carbocycles. The van der Waals surface area contributed by atoms with Gasteiger partial charge < -0.3 is 18.4 Å². The Kier molecular flexibility index (Phi) is 8.17. The fourth-order valence-corrected chi connectivity index (χ4v) is 14.0. The summed E-state index contributed by atoms with van der Waals surface area (Å²) >= 11 is 0. The Morgan fingerprint density at radius 2 is 1.19 bits per heavy atom. The molecule has 348 valence electrons. The molecule has 0 fully saturated rings. The lowest BCUT2D eigenvalue weighted by Crippen LogP contribution is -2.60. The molecule has 14 rings (SSSR count). The van der Waals surface area contributed by atoms with Crippen LogP contribution in [0.3, 0.4) is 0 Å². The number of furan rings is 1. The van der Waals surface area contributed by atoms with Gasteiger partial charge in [0.15, 0.2) is 0 Å². The molecule has 70 heavy (non-hydrogen) atoms. The van der Waals surface area contributed by atoms with Crippen LogP contribution in [0.25, 0.3) is 82.7 Å². The first-order valence-corrected chi connectivity index (χ1v) is 26.0. The van der Waals surface area contributed by atoms with Crippen molar-refractivity contribution in [1.29, 1.82) is 0 Å².